The first kappa shape index (κ1) is 17.4. The SMILES string of the molecule is CCOc1ccccc1C(=O)N(CCC(N)=S)CC(C)C. The molecule has 4 nitrogen and oxygen atoms in total. The molecule has 0 aliphatic heterocycles. The van der Waals surface area contributed by atoms with E-state index >= 15 is 0 Å². The minimum absolute atomic E-state index is 0.0380. The summed E-state index contributed by atoms with van der Waals surface area (Å²) in [6.07, 6.45) is 0.532. The third kappa shape index (κ3) is 5.71. The summed E-state index contributed by atoms with van der Waals surface area (Å²) in [5.74, 6) is 0.956. The number of hydrogen-bond donors (Lipinski definition) is 1. The minimum Gasteiger partial charge on any atom is -0.493 e. The van der Waals surface area contributed by atoms with Crippen LogP contribution in [-0.2, 0) is 0 Å². The number of thiocarbonyl (C=S) groups is 1. The van der Waals surface area contributed by atoms with Crippen molar-refractivity contribution in [2.45, 2.75) is 27.2 Å². The fourth-order valence-corrected chi connectivity index (χ4v) is 2.15. The second-order valence-corrected chi connectivity index (χ2v) is 5.81. The predicted molar refractivity (Wildman–Crippen MR) is 89.8 cm³/mol. The molecule has 0 aliphatic carbocycles. The van der Waals surface area contributed by atoms with Gasteiger partial charge in [-0.15, -0.1) is 0 Å². The summed E-state index contributed by atoms with van der Waals surface area (Å²) in [6.45, 7) is 7.79. The molecule has 116 valence electrons. The van der Waals surface area contributed by atoms with Gasteiger partial charge in [-0.3, -0.25) is 4.79 Å². The number of nitrogens with zero attached hydrogens (tertiary/aromatic N) is 1. The van der Waals surface area contributed by atoms with Gasteiger partial charge in [-0.25, -0.2) is 0 Å². The smallest absolute Gasteiger partial charge is 0.257 e. The maximum absolute atomic E-state index is 12.8. The van der Waals surface area contributed by atoms with Gasteiger partial charge >= 0.3 is 0 Å². The second kappa shape index (κ2) is 8.62. The van der Waals surface area contributed by atoms with Crippen molar-refractivity contribution in [1.29, 1.82) is 0 Å². The van der Waals surface area contributed by atoms with Crippen LogP contribution in [0.2, 0.25) is 0 Å². The van der Waals surface area contributed by atoms with Crippen molar-refractivity contribution >= 4 is 23.1 Å². The summed E-state index contributed by atoms with van der Waals surface area (Å²) >= 11 is 4.91. The van der Waals surface area contributed by atoms with Crippen LogP contribution >= 0.6 is 12.2 Å². The van der Waals surface area contributed by atoms with Crippen LogP contribution in [0.5, 0.6) is 5.75 Å². The van der Waals surface area contributed by atoms with Gasteiger partial charge < -0.3 is 15.4 Å². The van der Waals surface area contributed by atoms with E-state index in [0.29, 0.717) is 48.3 Å². The molecule has 0 aliphatic rings. The summed E-state index contributed by atoms with van der Waals surface area (Å²) in [5, 5.41) is 0. The van der Waals surface area contributed by atoms with E-state index in [2.05, 4.69) is 13.8 Å². The number of amides is 1. The van der Waals surface area contributed by atoms with Crippen LogP contribution in [0.25, 0.3) is 0 Å². The highest BCUT2D eigenvalue weighted by Crippen LogP contribution is 2.20. The number of ether oxygens (including phenoxy) is 1. The molecule has 1 aromatic carbocycles. The van der Waals surface area contributed by atoms with E-state index in [0.717, 1.165) is 0 Å². The first-order valence-electron chi connectivity index (χ1n) is 7.25. The standard InChI is InChI=1S/C16H24N2O2S/c1-4-20-14-8-6-5-7-13(14)16(19)18(11-12(2)3)10-9-15(17)21/h5-8,12H,4,9-11H2,1-3H3,(H2,17,21). The average Bonchev–Trinajstić information content (AvgIpc) is 2.43. The Balaban J connectivity index is 2.95. The third-order valence-electron chi connectivity index (χ3n) is 2.92. The van der Waals surface area contributed by atoms with Crippen LogP contribution in [-0.4, -0.2) is 35.5 Å². The molecule has 0 radical (unpaired) electrons. The number of hydrogen-bond acceptors (Lipinski definition) is 3. The number of benzene rings is 1. The highest BCUT2D eigenvalue weighted by molar-refractivity contribution is 7.80. The van der Waals surface area contributed by atoms with Crippen LogP contribution in [0.1, 0.15) is 37.6 Å². The quantitative estimate of drug-likeness (QED) is 0.750. The van der Waals surface area contributed by atoms with E-state index in [1.807, 2.05) is 25.1 Å². The van der Waals surface area contributed by atoms with Crippen LogP contribution < -0.4 is 10.5 Å². The molecule has 1 aromatic rings. The Bertz CT molecular complexity index is 489. The summed E-state index contributed by atoms with van der Waals surface area (Å²) in [4.78, 5) is 15.0. The average molecular weight is 308 g/mol. The number of carbonyl (C=O) groups excluding carboxylic acids is 1. The van der Waals surface area contributed by atoms with Crippen molar-refractivity contribution in [2.75, 3.05) is 19.7 Å². The Labute approximate surface area is 132 Å². The zero-order chi connectivity index (χ0) is 15.8. The molecular formula is C16H24N2O2S. The van der Waals surface area contributed by atoms with Crippen molar-refractivity contribution in [2.24, 2.45) is 11.7 Å². The van der Waals surface area contributed by atoms with Gasteiger partial charge in [-0.2, -0.15) is 0 Å². The van der Waals surface area contributed by atoms with Gasteiger partial charge in [0.1, 0.15) is 5.75 Å². The van der Waals surface area contributed by atoms with Gasteiger partial charge in [0.15, 0.2) is 0 Å². The zero-order valence-corrected chi connectivity index (χ0v) is 13.8. The van der Waals surface area contributed by atoms with Crippen molar-refractivity contribution in [1.82, 2.24) is 4.90 Å². The van der Waals surface area contributed by atoms with Crippen molar-refractivity contribution in [3.05, 3.63) is 29.8 Å². The lowest BCUT2D eigenvalue weighted by atomic mass is 10.1. The Morgan fingerprint density at radius 3 is 2.62 bits per heavy atom. The molecule has 0 bridgehead atoms. The van der Waals surface area contributed by atoms with Gasteiger partial charge in [0, 0.05) is 19.5 Å². The molecule has 0 spiro atoms. The highest BCUT2D eigenvalue weighted by atomic mass is 32.1. The van der Waals surface area contributed by atoms with Crippen LogP contribution in [0.15, 0.2) is 24.3 Å². The first-order valence-corrected chi connectivity index (χ1v) is 7.65. The van der Waals surface area contributed by atoms with Gasteiger partial charge in [-0.1, -0.05) is 38.2 Å². The molecule has 5 heteroatoms. The van der Waals surface area contributed by atoms with E-state index in [-0.39, 0.29) is 5.91 Å². The topological polar surface area (TPSA) is 55.6 Å². The van der Waals surface area contributed by atoms with Crippen molar-refractivity contribution in [3.8, 4) is 5.75 Å². The molecule has 0 aromatic heterocycles. The summed E-state index contributed by atoms with van der Waals surface area (Å²) in [7, 11) is 0. The van der Waals surface area contributed by atoms with E-state index in [1.54, 1.807) is 11.0 Å². The highest BCUT2D eigenvalue weighted by Gasteiger charge is 2.20. The minimum atomic E-state index is -0.0380. The fraction of sp³-hybridized carbons (Fsp3) is 0.500. The summed E-state index contributed by atoms with van der Waals surface area (Å²) in [5.41, 5.74) is 6.14. The van der Waals surface area contributed by atoms with E-state index in [9.17, 15) is 4.79 Å². The maximum Gasteiger partial charge on any atom is 0.257 e. The molecule has 0 saturated heterocycles. The molecule has 1 rings (SSSR count). The molecule has 0 atom stereocenters. The summed E-state index contributed by atoms with van der Waals surface area (Å²) < 4.78 is 5.54. The van der Waals surface area contributed by atoms with Crippen LogP contribution in [0.3, 0.4) is 0 Å². The molecule has 0 fully saturated rings. The monoisotopic (exact) mass is 308 g/mol. The Morgan fingerprint density at radius 1 is 1.38 bits per heavy atom. The van der Waals surface area contributed by atoms with Gasteiger partial charge in [-0.05, 0) is 25.0 Å². The van der Waals surface area contributed by atoms with Crippen LogP contribution in [0, 0.1) is 5.92 Å². The first-order chi connectivity index (χ1) is 9.95. The predicted octanol–water partition coefficient (Wildman–Crippen LogP) is 2.86. The molecule has 21 heavy (non-hydrogen) atoms. The van der Waals surface area contributed by atoms with Crippen LogP contribution in [0.4, 0.5) is 0 Å². The number of para-hydroxylation sites is 1. The van der Waals surface area contributed by atoms with Crippen molar-refractivity contribution < 1.29 is 9.53 Å². The van der Waals surface area contributed by atoms with E-state index in [4.69, 9.17) is 22.7 Å². The maximum atomic E-state index is 12.8. The molecular weight excluding hydrogens is 284 g/mol. The number of nitrogens with two attached hydrogens (primary N) is 1. The van der Waals surface area contributed by atoms with Gasteiger partial charge in [0.05, 0.1) is 17.2 Å². The third-order valence-corrected chi connectivity index (χ3v) is 3.12. The fourth-order valence-electron chi connectivity index (χ4n) is 2.06. The lowest BCUT2D eigenvalue weighted by Crippen LogP contribution is -2.36. The van der Waals surface area contributed by atoms with Gasteiger partial charge in [0.25, 0.3) is 5.91 Å². The molecule has 0 saturated carbocycles. The molecule has 0 unspecified atom stereocenters. The van der Waals surface area contributed by atoms with E-state index in [1.165, 1.54) is 0 Å². The lowest BCUT2D eigenvalue weighted by molar-refractivity contribution is 0.0737. The normalized spacial score (nSPS) is 10.5. The number of rotatable bonds is 8. The number of carbonyl (C=O) groups is 1. The Kier molecular flexibility index (Phi) is 7.15. The van der Waals surface area contributed by atoms with E-state index < -0.39 is 0 Å². The molecule has 0 heterocycles. The Hall–Kier alpha value is -1.62. The largest absolute Gasteiger partial charge is 0.493 e. The van der Waals surface area contributed by atoms with Crippen molar-refractivity contribution in [3.63, 3.8) is 0 Å². The second-order valence-electron chi connectivity index (χ2n) is 5.29. The summed E-state index contributed by atoms with van der Waals surface area (Å²) in [6, 6.07) is 7.32. The lowest BCUT2D eigenvalue weighted by Gasteiger charge is -2.25. The Morgan fingerprint density at radius 2 is 2.05 bits per heavy atom. The molecule has 1 amide bonds. The molecule has 2 N–H and O–H groups in total. The zero-order valence-electron chi connectivity index (χ0n) is 13.0. The van der Waals surface area contributed by atoms with Gasteiger partial charge in [0.2, 0.25) is 0 Å².